The zero-order chi connectivity index (χ0) is 13.1. The molecular weight excluding hydrogens is 214 g/mol. The lowest BCUT2D eigenvalue weighted by atomic mass is 9.97. The van der Waals surface area contributed by atoms with E-state index >= 15 is 0 Å². The van der Waals surface area contributed by atoms with Crippen molar-refractivity contribution in [2.45, 2.75) is 52.7 Å². The lowest BCUT2D eigenvalue weighted by Gasteiger charge is -2.43. The number of hydrogen-bond donors (Lipinski definition) is 1. The Bertz CT molecular complexity index is 228. The van der Waals surface area contributed by atoms with E-state index < -0.39 is 0 Å². The predicted molar refractivity (Wildman–Crippen MR) is 71.1 cm³/mol. The van der Waals surface area contributed by atoms with Gasteiger partial charge in [0.15, 0.2) is 0 Å². The molecule has 17 heavy (non-hydrogen) atoms. The first-order valence-corrected chi connectivity index (χ1v) is 6.83. The normalized spacial score (nSPS) is 27.4. The number of morpholine rings is 1. The van der Waals surface area contributed by atoms with Gasteiger partial charge in [0.05, 0.1) is 18.3 Å². The molecule has 1 fully saturated rings. The van der Waals surface area contributed by atoms with Gasteiger partial charge in [-0.25, -0.2) is 0 Å². The van der Waals surface area contributed by atoms with E-state index in [-0.39, 0.29) is 18.3 Å². The van der Waals surface area contributed by atoms with Crippen molar-refractivity contribution in [1.82, 2.24) is 4.90 Å². The first-order valence-electron chi connectivity index (χ1n) is 6.83. The second-order valence-corrected chi connectivity index (χ2v) is 6.61. The van der Waals surface area contributed by atoms with Crippen molar-refractivity contribution in [3.05, 3.63) is 0 Å². The van der Waals surface area contributed by atoms with E-state index in [9.17, 15) is 5.11 Å². The van der Waals surface area contributed by atoms with E-state index in [0.29, 0.717) is 5.92 Å². The van der Waals surface area contributed by atoms with E-state index in [1.165, 1.54) is 6.42 Å². The van der Waals surface area contributed by atoms with E-state index in [4.69, 9.17) is 4.74 Å². The Morgan fingerprint density at radius 1 is 1.35 bits per heavy atom. The van der Waals surface area contributed by atoms with Crippen molar-refractivity contribution >= 4 is 0 Å². The summed E-state index contributed by atoms with van der Waals surface area (Å²) in [7, 11) is 0. The van der Waals surface area contributed by atoms with Gasteiger partial charge in [-0.15, -0.1) is 0 Å². The molecule has 3 nitrogen and oxygen atoms in total. The van der Waals surface area contributed by atoms with Gasteiger partial charge in [-0.2, -0.15) is 0 Å². The van der Waals surface area contributed by atoms with Crippen LogP contribution in [0.15, 0.2) is 0 Å². The molecule has 0 spiro atoms. The Labute approximate surface area is 106 Å². The van der Waals surface area contributed by atoms with Crippen molar-refractivity contribution in [2.24, 2.45) is 11.8 Å². The van der Waals surface area contributed by atoms with Crippen molar-refractivity contribution in [3.63, 3.8) is 0 Å². The third-order valence-electron chi connectivity index (χ3n) is 3.20. The first kappa shape index (κ1) is 14.9. The molecule has 0 aromatic carbocycles. The molecule has 1 aliphatic heterocycles. The molecular formula is C14H29NO2. The summed E-state index contributed by atoms with van der Waals surface area (Å²) in [5, 5.41) is 9.27. The number of rotatable bonds is 5. The van der Waals surface area contributed by atoms with Gasteiger partial charge in [0.25, 0.3) is 0 Å². The number of hydrogen-bond acceptors (Lipinski definition) is 3. The third kappa shape index (κ3) is 5.36. The minimum atomic E-state index is -0.136. The van der Waals surface area contributed by atoms with E-state index in [0.717, 1.165) is 25.6 Å². The maximum absolute atomic E-state index is 9.27. The van der Waals surface area contributed by atoms with Gasteiger partial charge in [0.2, 0.25) is 0 Å². The van der Waals surface area contributed by atoms with Crippen LogP contribution in [0.1, 0.15) is 41.0 Å². The predicted octanol–water partition coefficient (Wildman–Crippen LogP) is 2.14. The van der Waals surface area contributed by atoms with Crippen LogP contribution in [0.3, 0.4) is 0 Å². The highest BCUT2D eigenvalue weighted by Crippen LogP contribution is 2.22. The summed E-state index contributed by atoms with van der Waals surface area (Å²) in [4.78, 5) is 2.44. The molecule has 0 bridgehead atoms. The van der Waals surface area contributed by atoms with Crippen LogP contribution in [0.2, 0.25) is 0 Å². The number of aliphatic hydroxyl groups is 1. The summed E-state index contributed by atoms with van der Waals surface area (Å²) in [5.74, 6) is 1.47. The maximum Gasteiger partial charge on any atom is 0.0940 e. The van der Waals surface area contributed by atoms with E-state index in [1.807, 2.05) is 0 Å². The fraction of sp³-hybridized carbons (Fsp3) is 1.00. The molecule has 0 saturated carbocycles. The minimum Gasteiger partial charge on any atom is -0.394 e. The largest absolute Gasteiger partial charge is 0.394 e. The number of nitrogens with zero attached hydrogens (tertiary/aromatic N) is 1. The Kier molecular flexibility index (Phi) is 5.42. The fourth-order valence-corrected chi connectivity index (χ4v) is 2.97. The van der Waals surface area contributed by atoms with Gasteiger partial charge in [-0.05, 0) is 32.1 Å². The van der Waals surface area contributed by atoms with E-state index in [2.05, 4.69) is 39.5 Å². The highest BCUT2D eigenvalue weighted by molar-refractivity contribution is 4.84. The van der Waals surface area contributed by atoms with Crippen molar-refractivity contribution in [1.29, 1.82) is 0 Å². The molecule has 1 rings (SSSR count). The van der Waals surface area contributed by atoms with Crippen molar-refractivity contribution < 1.29 is 9.84 Å². The van der Waals surface area contributed by atoms with Gasteiger partial charge in [0.1, 0.15) is 0 Å². The number of aliphatic hydroxyl groups excluding tert-OH is 1. The topological polar surface area (TPSA) is 32.7 Å². The standard InChI is InChI=1S/C14H29NO2/c1-11(2)6-12(3)7-15-8-13(9-16)17-14(4,5)10-15/h11-13,16H,6-10H2,1-5H3. The van der Waals surface area contributed by atoms with Gasteiger partial charge in [-0.1, -0.05) is 20.8 Å². The Balaban J connectivity index is 2.47. The van der Waals surface area contributed by atoms with Gasteiger partial charge in [0, 0.05) is 19.6 Å². The number of ether oxygens (including phenoxy) is 1. The molecule has 1 aliphatic rings. The van der Waals surface area contributed by atoms with Crippen LogP contribution in [0.4, 0.5) is 0 Å². The van der Waals surface area contributed by atoms with Crippen LogP contribution in [-0.4, -0.2) is 48.0 Å². The second-order valence-electron chi connectivity index (χ2n) is 6.61. The Morgan fingerprint density at radius 2 is 2.00 bits per heavy atom. The molecule has 3 heteroatoms. The van der Waals surface area contributed by atoms with Crippen LogP contribution in [0.25, 0.3) is 0 Å². The molecule has 0 amide bonds. The zero-order valence-corrected chi connectivity index (χ0v) is 12.1. The zero-order valence-electron chi connectivity index (χ0n) is 12.1. The molecule has 0 aromatic heterocycles. The van der Waals surface area contributed by atoms with Gasteiger partial charge < -0.3 is 9.84 Å². The average molecular weight is 243 g/mol. The summed E-state index contributed by atoms with van der Waals surface area (Å²) >= 11 is 0. The fourth-order valence-electron chi connectivity index (χ4n) is 2.97. The molecule has 102 valence electrons. The van der Waals surface area contributed by atoms with Crippen LogP contribution < -0.4 is 0 Å². The lowest BCUT2D eigenvalue weighted by molar-refractivity contribution is -0.150. The molecule has 0 aliphatic carbocycles. The van der Waals surface area contributed by atoms with Crippen LogP contribution in [0, 0.1) is 11.8 Å². The summed E-state index contributed by atoms with van der Waals surface area (Å²) in [6, 6.07) is 0. The first-order chi connectivity index (χ1) is 7.82. The monoisotopic (exact) mass is 243 g/mol. The highest BCUT2D eigenvalue weighted by atomic mass is 16.5. The van der Waals surface area contributed by atoms with Crippen LogP contribution in [-0.2, 0) is 4.74 Å². The Morgan fingerprint density at radius 3 is 2.53 bits per heavy atom. The lowest BCUT2D eigenvalue weighted by Crippen LogP contribution is -2.54. The summed E-state index contributed by atoms with van der Waals surface area (Å²) in [6.07, 6.45) is 1.24. The molecule has 1 N–H and O–H groups in total. The Hall–Kier alpha value is -0.120. The second kappa shape index (κ2) is 6.17. The van der Waals surface area contributed by atoms with Gasteiger partial charge >= 0.3 is 0 Å². The summed E-state index contributed by atoms with van der Waals surface area (Å²) in [6.45, 7) is 14.1. The molecule has 2 unspecified atom stereocenters. The molecule has 0 aromatic rings. The maximum atomic E-state index is 9.27. The molecule has 1 saturated heterocycles. The summed E-state index contributed by atoms with van der Waals surface area (Å²) < 4.78 is 5.82. The average Bonchev–Trinajstić information content (AvgIpc) is 2.13. The SMILES string of the molecule is CC(C)CC(C)CN1CC(CO)OC(C)(C)C1. The van der Waals surface area contributed by atoms with Crippen LogP contribution >= 0.6 is 0 Å². The summed E-state index contributed by atoms with van der Waals surface area (Å²) in [5.41, 5.74) is -0.136. The minimum absolute atomic E-state index is 0.0231. The van der Waals surface area contributed by atoms with Crippen molar-refractivity contribution in [2.75, 3.05) is 26.2 Å². The molecule has 2 atom stereocenters. The van der Waals surface area contributed by atoms with Crippen LogP contribution in [0.5, 0.6) is 0 Å². The smallest absolute Gasteiger partial charge is 0.0940 e. The molecule has 1 heterocycles. The third-order valence-corrected chi connectivity index (χ3v) is 3.20. The van der Waals surface area contributed by atoms with E-state index in [1.54, 1.807) is 0 Å². The van der Waals surface area contributed by atoms with Gasteiger partial charge in [-0.3, -0.25) is 4.90 Å². The molecule has 0 radical (unpaired) electrons. The quantitative estimate of drug-likeness (QED) is 0.803. The highest BCUT2D eigenvalue weighted by Gasteiger charge is 2.33. The van der Waals surface area contributed by atoms with Crippen molar-refractivity contribution in [3.8, 4) is 0 Å².